The van der Waals surface area contributed by atoms with Crippen molar-refractivity contribution in [3.63, 3.8) is 0 Å². The zero-order valence-corrected chi connectivity index (χ0v) is 11.7. The summed E-state index contributed by atoms with van der Waals surface area (Å²) in [5.41, 5.74) is 1.23. The lowest BCUT2D eigenvalue weighted by Gasteiger charge is -2.10. The van der Waals surface area contributed by atoms with E-state index in [1.165, 1.54) is 20.3 Å². The molecule has 0 fully saturated rings. The number of hydrogen-bond acceptors (Lipinski definition) is 4. The van der Waals surface area contributed by atoms with Crippen LogP contribution in [0.4, 0.5) is 0 Å². The zero-order chi connectivity index (χ0) is 15.2. The van der Waals surface area contributed by atoms with Gasteiger partial charge < -0.3 is 14.6 Å². The fourth-order valence-electron chi connectivity index (χ4n) is 1.88. The number of carboxylic acids is 1. The van der Waals surface area contributed by atoms with E-state index in [9.17, 15) is 9.90 Å². The summed E-state index contributed by atoms with van der Waals surface area (Å²) in [6.07, 6.45) is 3.13. The van der Waals surface area contributed by atoms with Gasteiger partial charge in [0.1, 0.15) is 0 Å². The molecule has 21 heavy (non-hydrogen) atoms. The third-order valence-corrected chi connectivity index (χ3v) is 2.90. The average molecular weight is 285 g/mol. The number of aliphatic carboxylic acids is 1. The molecule has 2 rings (SSSR count). The van der Waals surface area contributed by atoms with Crippen molar-refractivity contribution in [3.05, 3.63) is 53.9 Å². The van der Waals surface area contributed by atoms with Gasteiger partial charge in [-0.1, -0.05) is 12.1 Å². The van der Waals surface area contributed by atoms with E-state index in [0.717, 1.165) is 0 Å². The highest BCUT2D eigenvalue weighted by atomic mass is 16.5. The van der Waals surface area contributed by atoms with Crippen LogP contribution in [0, 0.1) is 0 Å². The second-order valence-electron chi connectivity index (χ2n) is 4.19. The monoisotopic (exact) mass is 285 g/mol. The number of pyridine rings is 1. The first kappa shape index (κ1) is 14.6. The Morgan fingerprint density at radius 1 is 1.14 bits per heavy atom. The minimum absolute atomic E-state index is 0.134. The molecule has 0 saturated heterocycles. The summed E-state index contributed by atoms with van der Waals surface area (Å²) < 4.78 is 10.3. The smallest absolute Gasteiger partial charge is 0.336 e. The average Bonchev–Trinajstić information content (AvgIpc) is 2.52. The Labute approximate surface area is 122 Å². The molecule has 0 spiro atoms. The van der Waals surface area contributed by atoms with E-state index >= 15 is 0 Å². The third kappa shape index (κ3) is 3.39. The Morgan fingerprint density at radius 2 is 1.90 bits per heavy atom. The normalized spacial score (nSPS) is 11.0. The molecule has 0 aliphatic rings. The number of carbonyl (C=O) groups is 1. The van der Waals surface area contributed by atoms with E-state index in [2.05, 4.69) is 4.98 Å². The number of benzene rings is 1. The number of ether oxygens (including phenoxy) is 2. The van der Waals surface area contributed by atoms with Crippen molar-refractivity contribution in [1.29, 1.82) is 0 Å². The number of nitrogens with zero attached hydrogens (tertiary/aromatic N) is 1. The van der Waals surface area contributed by atoms with Crippen LogP contribution in [0.25, 0.3) is 11.6 Å². The second-order valence-corrected chi connectivity index (χ2v) is 4.19. The summed E-state index contributed by atoms with van der Waals surface area (Å²) in [6, 6.07) is 10.3. The molecular weight excluding hydrogens is 270 g/mol. The van der Waals surface area contributed by atoms with Gasteiger partial charge in [-0.25, -0.2) is 4.79 Å². The van der Waals surface area contributed by atoms with Gasteiger partial charge >= 0.3 is 5.97 Å². The minimum atomic E-state index is -1.03. The van der Waals surface area contributed by atoms with Crippen LogP contribution in [0.5, 0.6) is 11.5 Å². The van der Waals surface area contributed by atoms with Crippen LogP contribution in [-0.4, -0.2) is 30.3 Å². The van der Waals surface area contributed by atoms with E-state index in [-0.39, 0.29) is 5.57 Å². The van der Waals surface area contributed by atoms with E-state index < -0.39 is 5.97 Å². The first-order valence-corrected chi connectivity index (χ1v) is 6.24. The molecular formula is C16H15NO4. The number of aromatic nitrogens is 1. The van der Waals surface area contributed by atoms with Gasteiger partial charge in [0.05, 0.1) is 25.5 Å². The van der Waals surface area contributed by atoms with Crippen molar-refractivity contribution in [3.8, 4) is 11.5 Å². The van der Waals surface area contributed by atoms with Crippen LogP contribution >= 0.6 is 0 Å². The fraction of sp³-hybridized carbons (Fsp3) is 0.125. The van der Waals surface area contributed by atoms with Crippen molar-refractivity contribution >= 4 is 17.6 Å². The topological polar surface area (TPSA) is 68.7 Å². The molecule has 0 amide bonds. The van der Waals surface area contributed by atoms with Crippen molar-refractivity contribution in [2.75, 3.05) is 14.2 Å². The Kier molecular flexibility index (Phi) is 4.56. The zero-order valence-electron chi connectivity index (χ0n) is 11.7. The molecule has 108 valence electrons. The fourth-order valence-corrected chi connectivity index (χ4v) is 1.88. The molecule has 0 bridgehead atoms. The molecule has 1 N–H and O–H groups in total. The summed E-state index contributed by atoms with van der Waals surface area (Å²) in [6.45, 7) is 0. The van der Waals surface area contributed by atoms with Gasteiger partial charge in [0.2, 0.25) is 0 Å². The molecule has 1 aromatic carbocycles. The molecule has 5 nitrogen and oxygen atoms in total. The summed E-state index contributed by atoms with van der Waals surface area (Å²) in [5.74, 6) is -0.0140. The highest BCUT2D eigenvalue weighted by Crippen LogP contribution is 2.31. The van der Waals surface area contributed by atoms with Crippen LogP contribution in [0.2, 0.25) is 0 Å². The van der Waals surface area contributed by atoms with Gasteiger partial charge in [0.25, 0.3) is 0 Å². The van der Waals surface area contributed by atoms with Crippen LogP contribution in [0.3, 0.4) is 0 Å². The Morgan fingerprint density at radius 3 is 2.48 bits per heavy atom. The van der Waals surface area contributed by atoms with E-state index in [1.807, 2.05) is 0 Å². The molecule has 0 saturated carbocycles. The first-order chi connectivity index (χ1) is 10.2. The molecule has 1 heterocycles. The maximum atomic E-state index is 11.5. The highest BCUT2D eigenvalue weighted by molar-refractivity contribution is 6.20. The van der Waals surface area contributed by atoms with Gasteiger partial charge in [-0.15, -0.1) is 0 Å². The number of methoxy groups -OCH3 is 2. The molecule has 0 radical (unpaired) electrons. The maximum Gasteiger partial charge on any atom is 0.336 e. The highest BCUT2D eigenvalue weighted by Gasteiger charge is 2.14. The minimum Gasteiger partial charge on any atom is -0.493 e. The predicted molar refractivity (Wildman–Crippen MR) is 79.3 cm³/mol. The summed E-state index contributed by atoms with van der Waals surface area (Å²) in [5, 5.41) is 9.41. The maximum absolute atomic E-state index is 11.5. The molecule has 0 atom stereocenters. The Hall–Kier alpha value is -2.82. The van der Waals surface area contributed by atoms with Crippen molar-refractivity contribution in [2.24, 2.45) is 0 Å². The lowest BCUT2D eigenvalue weighted by Crippen LogP contribution is -2.01. The van der Waals surface area contributed by atoms with Crippen LogP contribution in [0.15, 0.2) is 42.6 Å². The van der Waals surface area contributed by atoms with Crippen molar-refractivity contribution in [2.45, 2.75) is 0 Å². The summed E-state index contributed by atoms with van der Waals surface area (Å²) in [4.78, 5) is 15.6. The molecule has 0 aliphatic heterocycles. The lowest BCUT2D eigenvalue weighted by atomic mass is 10.0. The van der Waals surface area contributed by atoms with Crippen LogP contribution in [0.1, 0.15) is 11.3 Å². The first-order valence-electron chi connectivity index (χ1n) is 6.24. The van der Waals surface area contributed by atoms with Gasteiger partial charge in [0, 0.05) is 6.20 Å². The molecule has 1 aromatic heterocycles. The van der Waals surface area contributed by atoms with E-state index in [0.29, 0.717) is 22.8 Å². The van der Waals surface area contributed by atoms with E-state index in [1.54, 1.807) is 42.6 Å². The molecule has 0 unspecified atom stereocenters. The van der Waals surface area contributed by atoms with Crippen LogP contribution < -0.4 is 9.47 Å². The van der Waals surface area contributed by atoms with Gasteiger partial charge in [-0.05, 0) is 35.9 Å². The SMILES string of the molecule is COc1ccc(/C(=C/c2ccccn2)C(=O)O)cc1OC. The van der Waals surface area contributed by atoms with Gasteiger partial charge in [-0.2, -0.15) is 0 Å². The van der Waals surface area contributed by atoms with Crippen molar-refractivity contribution in [1.82, 2.24) is 4.98 Å². The Bertz CT molecular complexity index is 665. The van der Waals surface area contributed by atoms with Gasteiger partial charge in [0.15, 0.2) is 11.5 Å². The summed E-state index contributed by atoms with van der Waals surface area (Å²) >= 11 is 0. The number of hydrogen-bond donors (Lipinski definition) is 1. The largest absolute Gasteiger partial charge is 0.493 e. The predicted octanol–water partition coefficient (Wildman–Crippen LogP) is 2.72. The Balaban J connectivity index is 2.49. The summed E-state index contributed by atoms with van der Waals surface area (Å²) in [7, 11) is 3.03. The molecule has 5 heteroatoms. The quantitative estimate of drug-likeness (QED) is 0.855. The van der Waals surface area contributed by atoms with E-state index in [4.69, 9.17) is 9.47 Å². The van der Waals surface area contributed by atoms with Gasteiger partial charge in [-0.3, -0.25) is 4.98 Å². The number of carboxylic acid groups (broad SMARTS) is 1. The second kappa shape index (κ2) is 6.56. The number of rotatable bonds is 5. The molecule has 0 aliphatic carbocycles. The van der Waals surface area contributed by atoms with Crippen LogP contribution in [-0.2, 0) is 4.79 Å². The van der Waals surface area contributed by atoms with Crippen molar-refractivity contribution < 1.29 is 19.4 Å². The third-order valence-electron chi connectivity index (χ3n) is 2.90. The lowest BCUT2D eigenvalue weighted by molar-refractivity contribution is -0.130. The standard InChI is InChI=1S/C16H15NO4/c1-20-14-7-6-11(9-15(14)21-2)13(16(18)19)10-12-5-3-4-8-17-12/h3-10H,1-2H3,(H,18,19)/b13-10-. The molecule has 2 aromatic rings.